The van der Waals surface area contributed by atoms with Crippen molar-refractivity contribution >= 4 is 12.0 Å². The van der Waals surface area contributed by atoms with Gasteiger partial charge in [-0.05, 0) is 33.6 Å². The maximum atomic E-state index is 11.8. The molecule has 0 radical (unpaired) electrons. The zero-order chi connectivity index (χ0) is 19.0. The predicted molar refractivity (Wildman–Crippen MR) is 89.7 cm³/mol. The SMILES string of the molecule is Cc1cnc(C(=O)NCCC(O)CCNC(=O)OC(C)(C)C)c[n+]1[O-]. The van der Waals surface area contributed by atoms with Crippen LogP contribution in [0.15, 0.2) is 12.4 Å². The van der Waals surface area contributed by atoms with Crippen molar-refractivity contribution < 1.29 is 24.2 Å². The van der Waals surface area contributed by atoms with Gasteiger partial charge < -0.3 is 25.7 Å². The Hall–Kier alpha value is -2.42. The summed E-state index contributed by atoms with van der Waals surface area (Å²) in [5, 5.41) is 26.4. The first kappa shape index (κ1) is 20.6. The highest BCUT2D eigenvalue weighted by molar-refractivity contribution is 5.91. The third-order valence-corrected chi connectivity index (χ3v) is 3.12. The zero-order valence-electron chi connectivity index (χ0n) is 15.0. The Balaban J connectivity index is 2.23. The lowest BCUT2D eigenvalue weighted by atomic mass is 10.2. The highest BCUT2D eigenvalue weighted by Crippen LogP contribution is 2.06. The smallest absolute Gasteiger partial charge is 0.407 e. The molecule has 1 aromatic heterocycles. The molecule has 2 amide bonds. The number of ether oxygens (including phenoxy) is 1. The molecule has 0 bridgehead atoms. The van der Waals surface area contributed by atoms with Crippen LogP contribution in [0.3, 0.4) is 0 Å². The molecule has 1 heterocycles. The van der Waals surface area contributed by atoms with Gasteiger partial charge in [0.05, 0.1) is 12.3 Å². The van der Waals surface area contributed by atoms with Crippen LogP contribution < -0.4 is 15.4 Å². The molecule has 0 aliphatic rings. The maximum absolute atomic E-state index is 11.8. The van der Waals surface area contributed by atoms with Gasteiger partial charge in [-0.15, -0.1) is 0 Å². The van der Waals surface area contributed by atoms with Crippen molar-refractivity contribution in [1.82, 2.24) is 15.6 Å². The van der Waals surface area contributed by atoms with Crippen LogP contribution in [0.25, 0.3) is 0 Å². The highest BCUT2D eigenvalue weighted by Gasteiger charge is 2.16. The van der Waals surface area contributed by atoms with E-state index >= 15 is 0 Å². The molecule has 140 valence electrons. The van der Waals surface area contributed by atoms with Crippen LogP contribution in [0.5, 0.6) is 0 Å². The van der Waals surface area contributed by atoms with Gasteiger partial charge in [-0.3, -0.25) is 4.79 Å². The van der Waals surface area contributed by atoms with Crippen molar-refractivity contribution in [3.63, 3.8) is 0 Å². The highest BCUT2D eigenvalue weighted by atomic mass is 16.6. The largest absolute Gasteiger partial charge is 0.618 e. The fourth-order valence-electron chi connectivity index (χ4n) is 1.83. The third kappa shape index (κ3) is 8.30. The lowest BCUT2D eigenvalue weighted by Gasteiger charge is -2.20. The molecule has 1 unspecified atom stereocenters. The Morgan fingerprint density at radius 2 is 1.92 bits per heavy atom. The summed E-state index contributed by atoms with van der Waals surface area (Å²) >= 11 is 0. The van der Waals surface area contributed by atoms with Crippen molar-refractivity contribution in [3.05, 3.63) is 29.0 Å². The minimum Gasteiger partial charge on any atom is -0.618 e. The summed E-state index contributed by atoms with van der Waals surface area (Å²) in [5.74, 6) is -0.483. The van der Waals surface area contributed by atoms with E-state index in [9.17, 15) is 19.9 Å². The molecule has 1 aromatic rings. The Morgan fingerprint density at radius 3 is 2.48 bits per heavy atom. The lowest BCUT2D eigenvalue weighted by Crippen LogP contribution is -2.35. The molecule has 1 rings (SSSR count). The van der Waals surface area contributed by atoms with Gasteiger partial charge >= 0.3 is 6.09 Å². The molecule has 25 heavy (non-hydrogen) atoms. The summed E-state index contributed by atoms with van der Waals surface area (Å²) < 4.78 is 5.64. The van der Waals surface area contributed by atoms with Crippen LogP contribution in [0, 0.1) is 12.1 Å². The van der Waals surface area contributed by atoms with E-state index in [4.69, 9.17) is 4.74 Å². The van der Waals surface area contributed by atoms with E-state index in [1.54, 1.807) is 27.7 Å². The molecule has 3 N–H and O–H groups in total. The van der Waals surface area contributed by atoms with Gasteiger partial charge in [0, 0.05) is 20.0 Å². The second-order valence-corrected chi connectivity index (χ2v) is 6.66. The quantitative estimate of drug-likeness (QED) is 0.481. The number of hydrogen-bond donors (Lipinski definition) is 3. The number of amides is 2. The van der Waals surface area contributed by atoms with E-state index in [-0.39, 0.29) is 18.8 Å². The first-order valence-corrected chi connectivity index (χ1v) is 8.07. The lowest BCUT2D eigenvalue weighted by molar-refractivity contribution is -0.613. The van der Waals surface area contributed by atoms with Crippen molar-refractivity contribution in [2.75, 3.05) is 13.1 Å². The van der Waals surface area contributed by atoms with E-state index in [1.165, 1.54) is 6.20 Å². The molecular weight excluding hydrogens is 328 g/mol. The molecule has 0 saturated carbocycles. The Labute approximate surface area is 147 Å². The molecule has 0 aromatic carbocycles. The van der Waals surface area contributed by atoms with E-state index in [0.29, 0.717) is 23.3 Å². The molecule has 0 aliphatic carbocycles. The number of nitrogens with one attached hydrogen (secondary N) is 2. The van der Waals surface area contributed by atoms with Gasteiger partial charge in [0.25, 0.3) is 5.91 Å². The molecule has 9 heteroatoms. The fourth-order valence-corrected chi connectivity index (χ4v) is 1.83. The number of rotatable bonds is 7. The summed E-state index contributed by atoms with van der Waals surface area (Å²) in [6.07, 6.45) is 1.84. The predicted octanol–water partition coefficient (Wildman–Crippen LogP) is 0.419. The standard InChI is InChI=1S/C16H26N4O5/c1-11-9-19-13(10-20(11)24)14(22)17-7-5-12(21)6-8-18-15(23)25-16(2,3)4/h9-10,12,21H,5-8H2,1-4H3,(H,17,22)(H,18,23). The first-order chi connectivity index (χ1) is 11.6. The van der Waals surface area contributed by atoms with Crippen molar-refractivity contribution in [1.29, 1.82) is 0 Å². The number of alkyl carbamates (subject to hydrolysis) is 1. The topological polar surface area (TPSA) is 127 Å². The Bertz CT molecular complexity index is 601. The number of aryl methyl sites for hydroxylation is 1. The van der Waals surface area contributed by atoms with Crippen molar-refractivity contribution in [2.45, 2.75) is 52.2 Å². The van der Waals surface area contributed by atoms with E-state index in [1.807, 2.05) is 0 Å². The second-order valence-electron chi connectivity index (χ2n) is 6.66. The number of aromatic nitrogens is 2. The van der Waals surface area contributed by atoms with Gasteiger partial charge in [-0.25, -0.2) is 9.78 Å². The van der Waals surface area contributed by atoms with Crippen LogP contribution in [0.1, 0.15) is 49.8 Å². The molecule has 0 saturated heterocycles. The first-order valence-electron chi connectivity index (χ1n) is 8.07. The molecule has 9 nitrogen and oxygen atoms in total. The maximum Gasteiger partial charge on any atom is 0.407 e. The number of nitrogens with zero attached hydrogens (tertiary/aromatic N) is 2. The number of carbonyl (C=O) groups excluding carboxylic acids is 2. The van der Waals surface area contributed by atoms with Crippen LogP contribution in [0.2, 0.25) is 0 Å². The minimum atomic E-state index is -0.689. The molecular formula is C16H26N4O5. The van der Waals surface area contributed by atoms with Crippen LogP contribution in [-0.2, 0) is 4.74 Å². The number of hydrogen-bond acceptors (Lipinski definition) is 6. The van der Waals surface area contributed by atoms with E-state index < -0.39 is 23.7 Å². The van der Waals surface area contributed by atoms with Gasteiger partial charge in [-0.2, -0.15) is 4.73 Å². The summed E-state index contributed by atoms with van der Waals surface area (Å²) in [5.41, 5.74) is -0.162. The summed E-state index contributed by atoms with van der Waals surface area (Å²) in [6, 6.07) is 0. The van der Waals surface area contributed by atoms with Gasteiger partial charge in [0.1, 0.15) is 5.60 Å². The third-order valence-electron chi connectivity index (χ3n) is 3.12. The van der Waals surface area contributed by atoms with Crippen molar-refractivity contribution in [3.8, 4) is 0 Å². The van der Waals surface area contributed by atoms with E-state index in [0.717, 1.165) is 6.20 Å². The van der Waals surface area contributed by atoms with Crippen LogP contribution in [0.4, 0.5) is 4.79 Å². The number of aliphatic hydroxyl groups excluding tert-OH is 1. The van der Waals surface area contributed by atoms with Crippen LogP contribution in [-0.4, -0.2) is 46.9 Å². The summed E-state index contributed by atoms with van der Waals surface area (Å²) in [7, 11) is 0. The zero-order valence-corrected chi connectivity index (χ0v) is 15.0. The number of carbonyl (C=O) groups is 2. The number of aliphatic hydroxyl groups is 1. The Kier molecular flexibility index (Phi) is 7.56. The Morgan fingerprint density at radius 1 is 1.32 bits per heavy atom. The van der Waals surface area contributed by atoms with Crippen LogP contribution >= 0.6 is 0 Å². The molecule has 1 atom stereocenters. The fraction of sp³-hybridized carbons (Fsp3) is 0.625. The second kappa shape index (κ2) is 9.16. The van der Waals surface area contributed by atoms with Gasteiger partial charge in [0.15, 0.2) is 5.69 Å². The average molecular weight is 354 g/mol. The monoisotopic (exact) mass is 354 g/mol. The molecule has 0 fully saturated rings. The van der Waals surface area contributed by atoms with Gasteiger partial charge in [0.2, 0.25) is 11.9 Å². The van der Waals surface area contributed by atoms with Gasteiger partial charge in [-0.1, -0.05) is 0 Å². The van der Waals surface area contributed by atoms with E-state index in [2.05, 4.69) is 15.6 Å². The molecule has 0 spiro atoms. The van der Waals surface area contributed by atoms with Crippen molar-refractivity contribution in [2.24, 2.45) is 0 Å². The minimum absolute atomic E-state index is 0.0154. The molecule has 0 aliphatic heterocycles. The summed E-state index contributed by atoms with van der Waals surface area (Å²) in [4.78, 5) is 27.2. The normalized spacial score (nSPS) is 12.4. The average Bonchev–Trinajstić information content (AvgIpc) is 2.48. The summed E-state index contributed by atoms with van der Waals surface area (Å²) in [6.45, 7) is 7.37.